The lowest BCUT2D eigenvalue weighted by atomic mass is 10.1. The molecular weight excluding hydrogens is 488 g/mol. The van der Waals surface area contributed by atoms with Crippen LogP contribution in [0.1, 0.15) is 33.2 Å². The second-order valence-electron chi connectivity index (χ2n) is 8.44. The van der Waals surface area contributed by atoms with E-state index in [0.717, 1.165) is 34.8 Å². The van der Waals surface area contributed by atoms with Gasteiger partial charge in [0, 0.05) is 48.8 Å². The number of rotatable bonds is 7. The van der Waals surface area contributed by atoms with Gasteiger partial charge in [0.15, 0.2) is 6.19 Å². The fourth-order valence-corrected chi connectivity index (χ4v) is 4.58. The van der Waals surface area contributed by atoms with Gasteiger partial charge in [0.1, 0.15) is 0 Å². The number of carbonyl (C=O) groups excluding carboxylic acids is 2. The molecule has 0 unspecified atom stereocenters. The molecule has 9 nitrogen and oxygen atoms in total. The summed E-state index contributed by atoms with van der Waals surface area (Å²) in [6.45, 7) is 6.64. The SMILES string of the molecule is CCSC(=O)c1cc(Nc2ncc(C)c(-c3ccc(C(=O)N(C)C#N)cc3)n2)ccc1N1CCOCC1. The number of aryl methyl sites for hydroxylation is 1. The number of thioether (sulfide) groups is 1. The Morgan fingerprint density at radius 2 is 1.92 bits per heavy atom. The van der Waals surface area contributed by atoms with Crippen LogP contribution < -0.4 is 10.2 Å². The molecule has 2 heterocycles. The molecule has 190 valence electrons. The smallest absolute Gasteiger partial charge is 0.266 e. The van der Waals surface area contributed by atoms with Crippen molar-refractivity contribution >= 4 is 40.1 Å². The first-order valence-electron chi connectivity index (χ1n) is 11.9. The van der Waals surface area contributed by atoms with Crippen molar-refractivity contribution in [3.05, 3.63) is 65.4 Å². The average Bonchev–Trinajstić information content (AvgIpc) is 2.94. The third kappa shape index (κ3) is 6.07. The highest BCUT2D eigenvalue weighted by molar-refractivity contribution is 8.14. The van der Waals surface area contributed by atoms with E-state index >= 15 is 0 Å². The zero-order valence-corrected chi connectivity index (χ0v) is 21.8. The molecule has 0 aliphatic carbocycles. The lowest BCUT2D eigenvalue weighted by molar-refractivity contribution is 0.0858. The Bertz CT molecular complexity index is 1330. The van der Waals surface area contributed by atoms with Crippen molar-refractivity contribution in [1.29, 1.82) is 5.26 Å². The lowest BCUT2D eigenvalue weighted by Gasteiger charge is -2.30. The quantitative estimate of drug-likeness (QED) is 0.359. The molecule has 1 N–H and O–H groups in total. The maximum absolute atomic E-state index is 12.9. The summed E-state index contributed by atoms with van der Waals surface area (Å²) in [5.74, 6) is 0.717. The van der Waals surface area contributed by atoms with Crippen LogP contribution in [0, 0.1) is 18.4 Å². The maximum atomic E-state index is 12.9. The summed E-state index contributed by atoms with van der Waals surface area (Å²) in [5, 5.41) is 12.2. The minimum atomic E-state index is -0.372. The first-order chi connectivity index (χ1) is 17.9. The van der Waals surface area contributed by atoms with Gasteiger partial charge in [-0.15, -0.1) is 0 Å². The van der Waals surface area contributed by atoms with Gasteiger partial charge in [0.2, 0.25) is 11.1 Å². The Hall–Kier alpha value is -3.94. The standard InChI is InChI=1S/C27H28N6O3S/c1-4-37-26(35)22-15-21(9-10-23(22)33-11-13-36-14-12-33)30-27-29-16-18(2)24(31-27)19-5-7-20(8-6-19)25(34)32(3)17-28/h5-10,15-16H,4,11-14H2,1-3H3,(H,29,30,31). The predicted molar refractivity (Wildman–Crippen MR) is 145 cm³/mol. The van der Waals surface area contributed by atoms with Gasteiger partial charge in [-0.25, -0.2) is 14.9 Å². The molecule has 0 spiro atoms. The summed E-state index contributed by atoms with van der Waals surface area (Å²) in [7, 11) is 1.43. The molecular formula is C27H28N6O3S. The van der Waals surface area contributed by atoms with Gasteiger partial charge in [-0.2, -0.15) is 5.26 Å². The van der Waals surface area contributed by atoms with Crippen LogP contribution in [0.4, 0.5) is 17.3 Å². The number of hydrogen-bond donors (Lipinski definition) is 1. The number of amides is 1. The highest BCUT2D eigenvalue weighted by atomic mass is 32.2. The topological polar surface area (TPSA) is 111 Å². The molecule has 1 amide bonds. The van der Waals surface area contributed by atoms with Crippen LogP contribution in [-0.4, -0.2) is 65.0 Å². The molecule has 0 bridgehead atoms. The Labute approximate surface area is 220 Å². The van der Waals surface area contributed by atoms with Crippen molar-refractivity contribution in [1.82, 2.24) is 14.9 Å². The summed E-state index contributed by atoms with van der Waals surface area (Å²) in [6.07, 6.45) is 3.54. The molecule has 1 saturated heterocycles. The van der Waals surface area contributed by atoms with Crippen molar-refractivity contribution in [3.63, 3.8) is 0 Å². The Morgan fingerprint density at radius 3 is 2.59 bits per heavy atom. The zero-order chi connectivity index (χ0) is 26.4. The number of nitrogens with zero attached hydrogens (tertiary/aromatic N) is 5. The van der Waals surface area contributed by atoms with Gasteiger partial charge in [-0.05, 0) is 48.6 Å². The third-order valence-corrected chi connectivity index (χ3v) is 6.70. The summed E-state index contributed by atoms with van der Waals surface area (Å²) in [6, 6.07) is 12.7. The molecule has 1 aliphatic rings. The summed E-state index contributed by atoms with van der Waals surface area (Å²) >= 11 is 1.28. The Kier molecular flexibility index (Phi) is 8.38. The minimum absolute atomic E-state index is 0.0230. The molecule has 37 heavy (non-hydrogen) atoms. The molecule has 0 atom stereocenters. The molecule has 0 radical (unpaired) electrons. The van der Waals surface area contributed by atoms with Crippen molar-refractivity contribution in [2.75, 3.05) is 49.3 Å². The van der Waals surface area contributed by atoms with Crippen LogP contribution in [0.25, 0.3) is 11.3 Å². The number of aromatic nitrogens is 2. The largest absolute Gasteiger partial charge is 0.378 e. The number of morpholine rings is 1. The second kappa shape index (κ2) is 11.9. The van der Waals surface area contributed by atoms with Crippen molar-refractivity contribution in [2.45, 2.75) is 13.8 Å². The van der Waals surface area contributed by atoms with Crippen LogP contribution >= 0.6 is 11.8 Å². The fourth-order valence-electron chi connectivity index (χ4n) is 4.00. The molecule has 2 aromatic carbocycles. The molecule has 1 aromatic heterocycles. The van der Waals surface area contributed by atoms with Gasteiger partial charge in [-0.3, -0.25) is 9.59 Å². The first kappa shape index (κ1) is 26.1. The molecule has 0 saturated carbocycles. The zero-order valence-electron chi connectivity index (χ0n) is 21.0. The number of nitrogens with one attached hydrogen (secondary N) is 1. The van der Waals surface area contributed by atoms with Crippen LogP contribution in [-0.2, 0) is 4.74 Å². The minimum Gasteiger partial charge on any atom is -0.378 e. The number of ether oxygens (including phenoxy) is 1. The number of carbonyl (C=O) groups is 2. The summed E-state index contributed by atoms with van der Waals surface area (Å²) in [5.41, 5.74) is 5.09. The van der Waals surface area contributed by atoms with E-state index in [2.05, 4.69) is 15.2 Å². The van der Waals surface area contributed by atoms with Gasteiger partial charge < -0.3 is 15.0 Å². The number of anilines is 3. The summed E-state index contributed by atoms with van der Waals surface area (Å²) in [4.78, 5) is 37.4. The van der Waals surface area contributed by atoms with Crippen molar-refractivity contribution in [2.24, 2.45) is 0 Å². The lowest BCUT2D eigenvalue weighted by Crippen LogP contribution is -2.37. The Balaban J connectivity index is 1.60. The Morgan fingerprint density at radius 1 is 1.19 bits per heavy atom. The number of nitriles is 1. The van der Waals surface area contributed by atoms with E-state index in [-0.39, 0.29) is 11.0 Å². The number of benzene rings is 2. The molecule has 1 aliphatic heterocycles. The monoisotopic (exact) mass is 516 g/mol. The fraction of sp³-hybridized carbons (Fsp3) is 0.296. The van der Waals surface area contributed by atoms with E-state index in [1.807, 2.05) is 38.2 Å². The normalized spacial score (nSPS) is 13.1. The van der Waals surface area contributed by atoms with Crippen LogP contribution in [0.5, 0.6) is 0 Å². The predicted octanol–water partition coefficient (Wildman–Crippen LogP) is 4.48. The van der Waals surface area contributed by atoms with Gasteiger partial charge >= 0.3 is 0 Å². The van der Waals surface area contributed by atoms with Crippen LogP contribution in [0.15, 0.2) is 48.7 Å². The second-order valence-corrected chi connectivity index (χ2v) is 9.68. The van der Waals surface area contributed by atoms with E-state index in [9.17, 15) is 9.59 Å². The average molecular weight is 517 g/mol. The van der Waals surface area contributed by atoms with Crippen LogP contribution in [0.2, 0.25) is 0 Å². The highest BCUT2D eigenvalue weighted by Gasteiger charge is 2.20. The first-order valence-corrected chi connectivity index (χ1v) is 12.9. The molecule has 1 fully saturated rings. The molecule has 10 heteroatoms. The van der Waals surface area contributed by atoms with Crippen LogP contribution in [0.3, 0.4) is 0 Å². The highest BCUT2D eigenvalue weighted by Crippen LogP contribution is 2.30. The molecule has 3 aromatic rings. The van der Waals surface area contributed by atoms with Gasteiger partial charge in [0.25, 0.3) is 5.91 Å². The van der Waals surface area contributed by atoms with E-state index < -0.39 is 0 Å². The van der Waals surface area contributed by atoms with E-state index in [1.54, 1.807) is 30.5 Å². The third-order valence-electron chi connectivity index (χ3n) is 5.93. The van der Waals surface area contributed by atoms with E-state index in [4.69, 9.17) is 15.0 Å². The number of hydrogen-bond acceptors (Lipinski definition) is 9. The summed E-state index contributed by atoms with van der Waals surface area (Å²) < 4.78 is 5.47. The van der Waals surface area contributed by atoms with Crippen molar-refractivity contribution < 1.29 is 14.3 Å². The van der Waals surface area contributed by atoms with Gasteiger partial charge in [0.05, 0.1) is 24.5 Å². The van der Waals surface area contributed by atoms with E-state index in [1.165, 1.54) is 18.8 Å². The van der Waals surface area contributed by atoms with Crippen molar-refractivity contribution in [3.8, 4) is 17.5 Å². The van der Waals surface area contributed by atoms with E-state index in [0.29, 0.717) is 47.4 Å². The molecule has 4 rings (SSSR count). The maximum Gasteiger partial charge on any atom is 0.266 e. The van der Waals surface area contributed by atoms with Gasteiger partial charge in [-0.1, -0.05) is 30.8 Å².